The zero-order valence-corrected chi connectivity index (χ0v) is 21.2. The molecule has 1 atom stereocenters. The van der Waals surface area contributed by atoms with Crippen LogP contribution >= 0.6 is 16.9 Å². The molecule has 1 unspecified atom stereocenters. The van der Waals surface area contributed by atoms with Gasteiger partial charge in [0.1, 0.15) is 0 Å². The Bertz CT molecular complexity index is 337. The van der Waals surface area contributed by atoms with Gasteiger partial charge in [0.05, 0.1) is 0 Å². The van der Waals surface area contributed by atoms with Crippen LogP contribution < -0.4 is 5.11 Å². The molecule has 0 aromatic carbocycles. The fourth-order valence-corrected chi connectivity index (χ4v) is 6.64. The van der Waals surface area contributed by atoms with Gasteiger partial charge in [-0.3, -0.25) is 4.79 Å². The smallest absolute Gasteiger partial charge is 0.0475 e. The third-order valence-electron chi connectivity index (χ3n) is 2.11. The second-order valence-electron chi connectivity index (χ2n) is 4.71. The molecule has 8 heteroatoms. The summed E-state index contributed by atoms with van der Waals surface area (Å²) in [7, 11) is 0. The first-order valence-electron chi connectivity index (χ1n) is 7.85. The van der Waals surface area contributed by atoms with E-state index in [9.17, 15) is 9.90 Å². The molecular formula is C15H31O3PS3Sn. The van der Waals surface area contributed by atoms with Crippen molar-refractivity contribution in [3.05, 3.63) is 11.8 Å². The minimum atomic E-state index is -2.05. The Morgan fingerprint density at radius 1 is 1.26 bits per heavy atom. The van der Waals surface area contributed by atoms with Crippen LogP contribution in [0.4, 0.5) is 0 Å². The number of carbonyl (C=O) groups excluding carboxylic acids is 1. The van der Waals surface area contributed by atoms with Crippen molar-refractivity contribution in [2.24, 2.45) is 0 Å². The zero-order valence-electron chi connectivity index (χ0n) is 15.0. The summed E-state index contributed by atoms with van der Waals surface area (Å²) < 4.78 is 6.03. The predicted molar refractivity (Wildman–Crippen MR) is 112 cm³/mol. The van der Waals surface area contributed by atoms with Gasteiger partial charge in [-0.1, -0.05) is 18.7 Å². The van der Waals surface area contributed by atoms with Gasteiger partial charge in [-0.2, -0.15) is 0 Å². The van der Waals surface area contributed by atoms with Crippen molar-refractivity contribution in [2.75, 3.05) is 6.61 Å². The Hall–Kier alpha value is 1.32. The number of hydrogen-bond donors (Lipinski definition) is 1. The number of carbonyl (C=O) groups is 1. The van der Waals surface area contributed by atoms with Gasteiger partial charge in [0.25, 0.3) is 0 Å². The topological polar surface area (TPSA) is 49.4 Å². The fraction of sp³-hybridized carbons (Fsp3) is 0.800. The summed E-state index contributed by atoms with van der Waals surface area (Å²) in [5.74, 6) is -0.375. The SMILES string of the molecule is CC(=O)/C=C(\C)[O-].CCC[CH2][Sn+2][CH2]CCC.CCOP(=S)([S-])S. The summed E-state index contributed by atoms with van der Waals surface area (Å²) in [6.45, 7) is 9.70. The third kappa shape index (κ3) is 45.2. The Morgan fingerprint density at radius 2 is 1.70 bits per heavy atom. The molecule has 0 heterocycles. The Morgan fingerprint density at radius 3 is 1.83 bits per heavy atom. The van der Waals surface area contributed by atoms with Crippen LogP contribution in [-0.2, 0) is 33.4 Å². The molecule has 0 bridgehead atoms. The quantitative estimate of drug-likeness (QED) is 0.0938. The van der Waals surface area contributed by atoms with E-state index in [0.29, 0.717) is 6.61 Å². The largest absolute Gasteiger partial charge is 0.709 e. The monoisotopic (exact) mass is 506 g/mol. The molecule has 0 aromatic rings. The summed E-state index contributed by atoms with van der Waals surface area (Å²) in [5, 5.41) is 9.98. The first-order valence-corrected chi connectivity index (χ1v) is 16.8. The summed E-state index contributed by atoms with van der Waals surface area (Å²) in [5.41, 5.74) is 0. The molecule has 0 saturated carbocycles. The molecule has 0 radical (unpaired) electrons. The van der Waals surface area contributed by atoms with Crippen LogP contribution in [0.5, 0.6) is 0 Å². The molecule has 0 amide bonds. The molecule has 0 fully saturated rings. The van der Waals surface area contributed by atoms with Gasteiger partial charge in [-0.25, -0.2) is 0 Å². The van der Waals surface area contributed by atoms with E-state index >= 15 is 0 Å². The van der Waals surface area contributed by atoms with E-state index in [4.69, 9.17) is 4.52 Å². The summed E-state index contributed by atoms with van der Waals surface area (Å²) >= 11 is 13.3. The number of allylic oxidation sites excluding steroid dienone is 2. The maximum atomic E-state index is 9.98. The molecule has 0 spiro atoms. The molecule has 0 N–H and O–H groups in total. The van der Waals surface area contributed by atoms with E-state index in [1.165, 1.54) is 39.5 Å². The first-order chi connectivity index (χ1) is 10.6. The minimum absolute atomic E-state index is 0.149. The van der Waals surface area contributed by atoms with Gasteiger partial charge in [-0.05, 0) is 24.6 Å². The zero-order chi connectivity index (χ0) is 18.7. The second kappa shape index (κ2) is 21.4. The van der Waals surface area contributed by atoms with Crippen molar-refractivity contribution in [1.29, 1.82) is 0 Å². The second-order valence-corrected chi connectivity index (χ2v) is 17.3. The van der Waals surface area contributed by atoms with E-state index in [1.807, 2.05) is 6.92 Å². The van der Waals surface area contributed by atoms with E-state index in [1.54, 1.807) is 8.87 Å². The molecule has 23 heavy (non-hydrogen) atoms. The van der Waals surface area contributed by atoms with Gasteiger partial charge >= 0.3 is 69.5 Å². The molecule has 0 rings (SSSR count). The average Bonchev–Trinajstić information content (AvgIpc) is 2.37. The van der Waals surface area contributed by atoms with Crippen LogP contribution in [0.2, 0.25) is 8.87 Å². The van der Waals surface area contributed by atoms with E-state index in [2.05, 4.69) is 50.2 Å². The van der Waals surface area contributed by atoms with E-state index in [-0.39, 0.29) is 32.7 Å². The van der Waals surface area contributed by atoms with Gasteiger partial charge < -0.3 is 21.9 Å². The van der Waals surface area contributed by atoms with Crippen LogP contribution in [0.25, 0.3) is 0 Å². The number of ketones is 1. The molecule has 0 saturated heterocycles. The van der Waals surface area contributed by atoms with Crippen molar-refractivity contribution >= 4 is 67.9 Å². The molecule has 3 nitrogen and oxygen atoms in total. The van der Waals surface area contributed by atoms with Gasteiger partial charge in [0.2, 0.25) is 0 Å². The van der Waals surface area contributed by atoms with Crippen LogP contribution in [0, 0.1) is 0 Å². The van der Waals surface area contributed by atoms with E-state index < -0.39 is 4.67 Å². The number of unbranched alkanes of at least 4 members (excludes halogenated alkanes) is 2. The Kier molecular flexibility index (Phi) is 27.0. The van der Waals surface area contributed by atoms with Crippen molar-refractivity contribution in [1.82, 2.24) is 0 Å². The summed E-state index contributed by atoms with van der Waals surface area (Å²) in [6, 6.07) is 0. The van der Waals surface area contributed by atoms with Crippen LogP contribution in [0.3, 0.4) is 0 Å². The molecular weight excluding hydrogens is 474 g/mol. The molecule has 0 aliphatic rings. The van der Waals surface area contributed by atoms with Crippen molar-refractivity contribution < 1.29 is 14.4 Å². The number of rotatable bonds is 9. The molecule has 0 aromatic heterocycles. The van der Waals surface area contributed by atoms with Gasteiger partial charge in [0, 0.05) is 6.61 Å². The van der Waals surface area contributed by atoms with Crippen molar-refractivity contribution in [3.8, 4) is 0 Å². The normalized spacial score (nSPS) is 12.7. The van der Waals surface area contributed by atoms with Crippen LogP contribution in [0.1, 0.15) is 60.3 Å². The minimum Gasteiger partial charge on any atom is -0.709 e. The number of hydrogen-bond acceptors (Lipinski definition) is 5. The maximum absolute atomic E-state index is 9.98. The van der Waals surface area contributed by atoms with Crippen molar-refractivity contribution in [3.63, 3.8) is 0 Å². The van der Waals surface area contributed by atoms with E-state index in [0.717, 1.165) is 6.08 Å². The first kappa shape index (κ1) is 29.1. The van der Waals surface area contributed by atoms with Crippen LogP contribution in [0.15, 0.2) is 11.8 Å². The third-order valence-corrected chi connectivity index (χ3v) is 7.71. The van der Waals surface area contributed by atoms with Gasteiger partial charge in [0.15, 0.2) is 5.78 Å². The molecule has 0 aliphatic carbocycles. The Labute approximate surface area is 169 Å². The van der Waals surface area contributed by atoms with Crippen molar-refractivity contribution in [2.45, 2.75) is 69.2 Å². The maximum Gasteiger partial charge on any atom is 0.0475 e. The standard InChI is InChI=1S/C5H8O2.2C4H9.C2H7OPS3.Sn/c1-4(6)3-5(2)7;2*1-3-4-2;1-2-3-4(5,6)7;/h3,6H,1-2H3;2*1,3-4H2,2H3;2H2,1H3,(H2,5,6,7);/q;;;;+2/p-2/b4-3+;;;;. The number of thiol groups is 1. The molecule has 0 aliphatic heterocycles. The fourth-order valence-electron chi connectivity index (χ4n) is 1.18. The van der Waals surface area contributed by atoms with Gasteiger partial charge in [-0.15, -0.1) is 18.0 Å². The molecule has 136 valence electrons. The summed E-state index contributed by atoms with van der Waals surface area (Å²) in [6.07, 6.45) is 6.89. The predicted octanol–water partition coefficient (Wildman–Crippen LogP) is 4.69. The summed E-state index contributed by atoms with van der Waals surface area (Å²) in [4.78, 5) is 9.98. The van der Waals surface area contributed by atoms with Crippen LogP contribution in [-0.4, -0.2) is 33.5 Å². The Balaban J connectivity index is -0.000000264. The average molecular weight is 505 g/mol.